The average Bonchev–Trinajstić information content (AvgIpc) is 2.62. The number of aryl methyl sites for hydroxylation is 1. The maximum atomic E-state index is 12.2. The van der Waals surface area contributed by atoms with Crippen LogP contribution in [0.15, 0.2) is 16.7 Å². The number of rotatable bonds is 5. The fourth-order valence-corrected chi connectivity index (χ4v) is 2.22. The lowest BCUT2D eigenvalue weighted by Crippen LogP contribution is -2.32. The highest BCUT2D eigenvalue weighted by Gasteiger charge is 2.17. The molecule has 3 nitrogen and oxygen atoms in total. The third kappa shape index (κ3) is 2.88. The van der Waals surface area contributed by atoms with E-state index in [4.69, 9.17) is 0 Å². The number of hydrogen-bond acceptors (Lipinski definition) is 1. The first-order chi connectivity index (χ1) is 7.63. The van der Waals surface area contributed by atoms with Gasteiger partial charge in [-0.25, -0.2) is 0 Å². The number of halogens is 1. The molecule has 4 heteroatoms. The van der Waals surface area contributed by atoms with E-state index in [0.717, 1.165) is 36.2 Å². The van der Waals surface area contributed by atoms with Gasteiger partial charge in [0.05, 0.1) is 0 Å². The molecule has 1 amide bonds. The van der Waals surface area contributed by atoms with Crippen LogP contribution in [0.2, 0.25) is 0 Å². The Hall–Kier alpha value is -0.770. The van der Waals surface area contributed by atoms with Crippen molar-refractivity contribution < 1.29 is 4.79 Å². The second-order valence-electron chi connectivity index (χ2n) is 3.71. The largest absolute Gasteiger partial charge is 0.342 e. The summed E-state index contributed by atoms with van der Waals surface area (Å²) in [5.74, 6) is 0.115. The van der Waals surface area contributed by atoms with Crippen LogP contribution in [-0.2, 0) is 6.54 Å². The molecule has 0 fully saturated rings. The van der Waals surface area contributed by atoms with Gasteiger partial charge in [0.1, 0.15) is 5.69 Å². The number of amides is 1. The van der Waals surface area contributed by atoms with Gasteiger partial charge in [-0.2, -0.15) is 0 Å². The van der Waals surface area contributed by atoms with Crippen LogP contribution in [0.5, 0.6) is 0 Å². The van der Waals surface area contributed by atoms with Crippen LogP contribution in [0.1, 0.15) is 37.7 Å². The zero-order chi connectivity index (χ0) is 12.1. The van der Waals surface area contributed by atoms with Crippen LogP contribution in [-0.4, -0.2) is 28.5 Å². The Balaban J connectivity index is 2.97. The van der Waals surface area contributed by atoms with Crippen molar-refractivity contribution in [1.29, 1.82) is 0 Å². The molecule has 0 atom stereocenters. The second kappa shape index (κ2) is 6.09. The summed E-state index contributed by atoms with van der Waals surface area (Å²) in [4.78, 5) is 14.0. The van der Waals surface area contributed by atoms with E-state index < -0.39 is 0 Å². The third-order valence-corrected chi connectivity index (χ3v) is 3.03. The molecule has 90 valence electrons. The van der Waals surface area contributed by atoms with Gasteiger partial charge in [0.25, 0.3) is 5.91 Å². The number of carbonyl (C=O) groups is 1. The first-order valence-electron chi connectivity index (χ1n) is 5.78. The Morgan fingerprint density at radius 3 is 2.50 bits per heavy atom. The minimum absolute atomic E-state index is 0.115. The molecule has 16 heavy (non-hydrogen) atoms. The standard InChI is InChI=1S/C12H19BrN2O/c1-4-7-15-9-10(13)8-11(15)12(16)14(5-2)6-3/h8-9H,4-7H2,1-3H3. The van der Waals surface area contributed by atoms with E-state index in [2.05, 4.69) is 22.9 Å². The summed E-state index contributed by atoms with van der Waals surface area (Å²) < 4.78 is 2.99. The Bertz CT molecular complexity index is 356. The van der Waals surface area contributed by atoms with Crippen LogP contribution in [0, 0.1) is 0 Å². The zero-order valence-electron chi connectivity index (χ0n) is 10.2. The van der Waals surface area contributed by atoms with E-state index >= 15 is 0 Å². The van der Waals surface area contributed by atoms with Crippen LogP contribution in [0.4, 0.5) is 0 Å². The highest BCUT2D eigenvalue weighted by molar-refractivity contribution is 9.10. The molecule has 0 bridgehead atoms. The van der Waals surface area contributed by atoms with E-state index in [1.54, 1.807) is 0 Å². The molecule has 0 aliphatic heterocycles. The van der Waals surface area contributed by atoms with Crippen LogP contribution >= 0.6 is 15.9 Å². The number of hydrogen-bond donors (Lipinski definition) is 0. The van der Waals surface area contributed by atoms with E-state index in [0.29, 0.717) is 0 Å². The van der Waals surface area contributed by atoms with Gasteiger partial charge in [-0.3, -0.25) is 4.79 Å². The van der Waals surface area contributed by atoms with E-state index in [1.807, 2.05) is 35.6 Å². The smallest absolute Gasteiger partial charge is 0.270 e. The molecule has 0 spiro atoms. The normalized spacial score (nSPS) is 10.5. The van der Waals surface area contributed by atoms with E-state index in [9.17, 15) is 4.79 Å². The molecule has 0 unspecified atom stereocenters. The van der Waals surface area contributed by atoms with E-state index in [-0.39, 0.29) is 5.91 Å². The Kier molecular flexibility index (Phi) is 5.06. The van der Waals surface area contributed by atoms with Crippen LogP contribution < -0.4 is 0 Å². The predicted octanol–water partition coefficient (Wildman–Crippen LogP) is 3.14. The van der Waals surface area contributed by atoms with Gasteiger partial charge in [0.15, 0.2) is 0 Å². The summed E-state index contributed by atoms with van der Waals surface area (Å²) in [7, 11) is 0. The van der Waals surface area contributed by atoms with Gasteiger partial charge in [0, 0.05) is 30.3 Å². The molecule has 0 saturated heterocycles. The van der Waals surface area contributed by atoms with Gasteiger partial charge in [0.2, 0.25) is 0 Å². The summed E-state index contributed by atoms with van der Waals surface area (Å²) in [5, 5.41) is 0. The van der Waals surface area contributed by atoms with Crippen LogP contribution in [0.25, 0.3) is 0 Å². The second-order valence-corrected chi connectivity index (χ2v) is 4.63. The van der Waals surface area contributed by atoms with Gasteiger partial charge in [-0.1, -0.05) is 6.92 Å². The third-order valence-electron chi connectivity index (χ3n) is 2.60. The van der Waals surface area contributed by atoms with Gasteiger partial charge in [-0.15, -0.1) is 0 Å². The molecular weight excluding hydrogens is 268 g/mol. The molecule has 1 aromatic rings. The highest BCUT2D eigenvalue weighted by Crippen LogP contribution is 2.17. The molecule has 1 aromatic heterocycles. The van der Waals surface area contributed by atoms with Crippen molar-refractivity contribution >= 4 is 21.8 Å². The molecule has 0 aliphatic rings. The maximum absolute atomic E-state index is 12.2. The topological polar surface area (TPSA) is 25.2 Å². The SMILES string of the molecule is CCCn1cc(Br)cc1C(=O)N(CC)CC. The minimum atomic E-state index is 0.115. The fourth-order valence-electron chi connectivity index (χ4n) is 1.75. The number of nitrogens with zero attached hydrogens (tertiary/aromatic N) is 2. The fraction of sp³-hybridized carbons (Fsp3) is 0.583. The van der Waals surface area contributed by atoms with Crippen molar-refractivity contribution in [2.75, 3.05) is 13.1 Å². The first kappa shape index (κ1) is 13.3. The van der Waals surface area contributed by atoms with Crippen molar-refractivity contribution in [2.45, 2.75) is 33.7 Å². The number of aromatic nitrogens is 1. The van der Waals surface area contributed by atoms with Gasteiger partial charge < -0.3 is 9.47 Å². The molecule has 0 aliphatic carbocycles. The quantitative estimate of drug-likeness (QED) is 0.816. The lowest BCUT2D eigenvalue weighted by Gasteiger charge is -2.19. The Morgan fingerprint density at radius 1 is 1.38 bits per heavy atom. The summed E-state index contributed by atoms with van der Waals surface area (Å²) in [5.41, 5.74) is 0.775. The van der Waals surface area contributed by atoms with Gasteiger partial charge >= 0.3 is 0 Å². The van der Waals surface area contributed by atoms with Crippen molar-refractivity contribution in [1.82, 2.24) is 9.47 Å². The van der Waals surface area contributed by atoms with Crippen molar-refractivity contribution in [3.05, 3.63) is 22.4 Å². The Labute approximate surface area is 106 Å². The average molecular weight is 287 g/mol. The summed E-state index contributed by atoms with van der Waals surface area (Å²) in [6.45, 7) is 8.51. The highest BCUT2D eigenvalue weighted by atomic mass is 79.9. The molecule has 0 N–H and O–H groups in total. The molecule has 1 rings (SSSR count). The van der Waals surface area contributed by atoms with Crippen molar-refractivity contribution in [3.8, 4) is 0 Å². The molecule has 0 aromatic carbocycles. The number of carbonyl (C=O) groups excluding carboxylic acids is 1. The zero-order valence-corrected chi connectivity index (χ0v) is 11.7. The lowest BCUT2D eigenvalue weighted by molar-refractivity contribution is 0.0762. The van der Waals surface area contributed by atoms with Crippen molar-refractivity contribution in [2.24, 2.45) is 0 Å². The van der Waals surface area contributed by atoms with Gasteiger partial charge in [-0.05, 0) is 42.3 Å². The molecular formula is C12H19BrN2O. The monoisotopic (exact) mass is 286 g/mol. The van der Waals surface area contributed by atoms with Crippen LogP contribution in [0.3, 0.4) is 0 Å². The summed E-state index contributed by atoms with van der Waals surface area (Å²) in [6.07, 6.45) is 3.00. The molecule has 0 saturated carbocycles. The van der Waals surface area contributed by atoms with E-state index in [1.165, 1.54) is 0 Å². The predicted molar refractivity (Wildman–Crippen MR) is 69.7 cm³/mol. The molecule has 0 radical (unpaired) electrons. The summed E-state index contributed by atoms with van der Waals surface area (Å²) in [6, 6.07) is 1.90. The Morgan fingerprint density at radius 2 is 2.00 bits per heavy atom. The van der Waals surface area contributed by atoms with Crippen molar-refractivity contribution in [3.63, 3.8) is 0 Å². The maximum Gasteiger partial charge on any atom is 0.270 e. The minimum Gasteiger partial charge on any atom is -0.342 e. The first-order valence-corrected chi connectivity index (χ1v) is 6.58. The lowest BCUT2D eigenvalue weighted by atomic mass is 10.3. The molecule has 1 heterocycles. The summed E-state index contributed by atoms with van der Waals surface area (Å²) >= 11 is 3.42.